The van der Waals surface area contributed by atoms with Gasteiger partial charge in [0.1, 0.15) is 12.4 Å². The molecule has 0 spiro atoms. The maximum absolute atomic E-state index is 12.4. The highest BCUT2D eigenvalue weighted by molar-refractivity contribution is 6.33. The molecule has 0 bridgehead atoms. The van der Waals surface area contributed by atoms with Crippen LogP contribution in [0.4, 0.5) is 5.69 Å². The molecule has 1 N–H and O–H groups in total. The second kappa shape index (κ2) is 8.91. The summed E-state index contributed by atoms with van der Waals surface area (Å²) in [5, 5.41) is 3.02. The van der Waals surface area contributed by atoms with Crippen molar-refractivity contribution in [1.29, 1.82) is 0 Å². The Balaban J connectivity index is 1.70. The van der Waals surface area contributed by atoms with Crippen LogP contribution < -0.4 is 10.9 Å². The summed E-state index contributed by atoms with van der Waals surface area (Å²) in [7, 11) is 0. The number of hydrogen-bond acceptors (Lipinski definition) is 6. The summed E-state index contributed by atoms with van der Waals surface area (Å²) in [6.07, 6.45) is 2.03. The minimum absolute atomic E-state index is 0.173. The number of aryl methyl sites for hydroxylation is 1. The zero-order valence-electron chi connectivity index (χ0n) is 16.0. The number of ether oxygens (including phenoxy) is 1. The van der Waals surface area contributed by atoms with Gasteiger partial charge >= 0.3 is 5.97 Å². The number of fused-ring (bicyclic) bond motifs is 1. The highest BCUT2D eigenvalue weighted by atomic mass is 35.5. The van der Waals surface area contributed by atoms with E-state index in [1.807, 2.05) is 6.92 Å². The maximum atomic E-state index is 12.4. The van der Waals surface area contributed by atoms with Crippen molar-refractivity contribution < 1.29 is 18.8 Å². The summed E-state index contributed by atoms with van der Waals surface area (Å²) >= 11 is 6.10. The summed E-state index contributed by atoms with van der Waals surface area (Å²) in [6, 6.07) is 7.32. The highest BCUT2D eigenvalue weighted by Crippen LogP contribution is 2.24. The molecule has 1 amide bonds. The average Bonchev–Trinajstić information content (AvgIpc) is 3.07. The molecule has 0 aliphatic heterocycles. The molecular formula is C20H20ClN3O5. The molecule has 0 aliphatic carbocycles. The van der Waals surface area contributed by atoms with Crippen molar-refractivity contribution in [3.8, 4) is 0 Å². The Bertz CT molecular complexity index is 1120. The molecular weight excluding hydrogens is 398 g/mol. The van der Waals surface area contributed by atoms with Crippen LogP contribution in [-0.4, -0.2) is 21.4 Å². The van der Waals surface area contributed by atoms with Crippen LogP contribution >= 0.6 is 11.6 Å². The number of benzene rings is 1. The first-order valence-electron chi connectivity index (χ1n) is 9.13. The van der Waals surface area contributed by atoms with Crippen molar-refractivity contribution in [2.45, 2.75) is 39.7 Å². The second-order valence-electron chi connectivity index (χ2n) is 6.51. The van der Waals surface area contributed by atoms with Gasteiger partial charge in [0.25, 0.3) is 5.56 Å². The molecule has 2 heterocycles. The highest BCUT2D eigenvalue weighted by Gasteiger charge is 2.14. The molecule has 3 rings (SSSR count). The summed E-state index contributed by atoms with van der Waals surface area (Å²) in [6.45, 7) is 3.51. The monoisotopic (exact) mass is 417 g/mol. The first-order chi connectivity index (χ1) is 13.9. The fraction of sp³-hybridized carbons (Fsp3) is 0.300. The normalized spacial score (nSPS) is 10.9. The van der Waals surface area contributed by atoms with Crippen LogP contribution in [0.15, 0.2) is 39.6 Å². The quantitative estimate of drug-likeness (QED) is 0.587. The molecule has 0 saturated heterocycles. The second-order valence-corrected chi connectivity index (χ2v) is 6.91. The molecule has 1 aromatic carbocycles. The zero-order chi connectivity index (χ0) is 21.0. The standard InChI is InChI=1S/C20H20ClN3O5/c1-3-4-5-18(25)23-16-9-13(6-7-15(16)21)20(27)28-11-14-10-19(26)24-17(22-14)8-12(2)29-24/h6-10H,3-5,11H2,1-2H3,(H,23,25). The molecule has 3 aromatic rings. The predicted octanol–water partition coefficient (Wildman–Crippen LogP) is 3.74. The predicted molar refractivity (Wildman–Crippen MR) is 107 cm³/mol. The molecule has 0 radical (unpaired) electrons. The van der Waals surface area contributed by atoms with Crippen LogP contribution in [-0.2, 0) is 16.1 Å². The van der Waals surface area contributed by atoms with E-state index in [1.165, 1.54) is 24.3 Å². The zero-order valence-corrected chi connectivity index (χ0v) is 16.8. The number of rotatable bonds is 7. The third-order valence-electron chi connectivity index (χ3n) is 4.11. The van der Waals surface area contributed by atoms with Gasteiger partial charge in [0.2, 0.25) is 5.91 Å². The Morgan fingerprint density at radius 3 is 2.83 bits per heavy atom. The molecule has 0 fully saturated rings. The van der Waals surface area contributed by atoms with Crippen molar-refractivity contribution >= 4 is 34.8 Å². The van der Waals surface area contributed by atoms with Crippen molar-refractivity contribution in [3.63, 3.8) is 0 Å². The summed E-state index contributed by atoms with van der Waals surface area (Å²) in [5.74, 6) is -0.262. The van der Waals surface area contributed by atoms with Crippen LogP contribution in [0.5, 0.6) is 0 Å². The lowest BCUT2D eigenvalue weighted by Gasteiger charge is -2.09. The molecule has 0 saturated carbocycles. The molecule has 9 heteroatoms. The topological polar surface area (TPSA) is 103 Å². The molecule has 0 aliphatic rings. The van der Waals surface area contributed by atoms with Gasteiger partial charge in [-0.3, -0.25) is 9.59 Å². The van der Waals surface area contributed by atoms with E-state index in [1.54, 1.807) is 13.0 Å². The van der Waals surface area contributed by atoms with Crippen LogP contribution in [0.3, 0.4) is 0 Å². The van der Waals surface area contributed by atoms with Crippen LogP contribution in [0, 0.1) is 6.92 Å². The number of carbonyl (C=O) groups excluding carboxylic acids is 2. The maximum Gasteiger partial charge on any atom is 0.338 e. The van der Waals surface area contributed by atoms with Crippen molar-refractivity contribution in [2.75, 3.05) is 5.32 Å². The Kier molecular flexibility index (Phi) is 6.33. The van der Waals surface area contributed by atoms with Gasteiger partial charge in [-0.05, 0) is 31.5 Å². The number of esters is 1. The van der Waals surface area contributed by atoms with Gasteiger partial charge in [0.05, 0.1) is 22.0 Å². The number of carbonyl (C=O) groups is 2. The number of halogens is 1. The van der Waals surface area contributed by atoms with Gasteiger partial charge < -0.3 is 14.6 Å². The SMILES string of the molecule is CCCCC(=O)Nc1cc(C(=O)OCc2cc(=O)n3oc(C)cc3n2)ccc1Cl. The molecule has 2 aromatic heterocycles. The first-order valence-corrected chi connectivity index (χ1v) is 9.51. The van der Waals surface area contributed by atoms with Gasteiger partial charge in [-0.15, -0.1) is 4.57 Å². The van der Waals surface area contributed by atoms with E-state index < -0.39 is 11.5 Å². The third kappa shape index (κ3) is 5.03. The van der Waals surface area contributed by atoms with E-state index in [9.17, 15) is 14.4 Å². The van der Waals surface area contributed by atoms with Crippen molar-refractivity contribution in [2.24, 2.45) is 0 Å². The number of nitrogens with one attached hydrogen (secondary N) is 1. The number of aromatic nitrogens is 2. The van der Waals surface area contributed by atoms with E-state index in [0.717, 1.165) is 17.4 Å². The van der Waals surface area contributed by atoms with Gasteiger partial charge in [0, 0.05) is 18.6 Å². The molecule has 0 unspecified atom stereocenters. The van der Waals surface area contributed by atoms with Crippen LogP contribution in [0.2, 0.25) is 5.02 Å². The van der Waals surface area contributed by atoms with E-state index in [4.69, 9.17) is 20.9 Å². The number of unbranched alkanes of at least 4 members (excludes halogenated alkanes) is 1. The molecule has 8 nitrogen and oxygen atoms in total. The lowest BCUT2D eigenvalue weighted by atomic mass is 10.2. The third-order valence-corrected chi connectivity index (χ3v) is 4.44. The van der Waals surface area contributed by atoms with Crippen molar-refractivity contribution in [1.82, 2.24) is 9.56 Å². The average molecular weight is 418 g/mol. The fourth-order valence-electron chi connectivity index (χ4n) is 2.67. The Morgan fingerprint density at radius 1 is 1.28 bits per heavy atom. The summed E-state index contributed by atoms with van der Waals surface area (Å²) < 4.78 is 11.5. The van der Waals surface area contributed by atoms with Crippen LogP contribution in [0.25, 0.3) is 5.65 Å². The lowest BCUT2D eigenvalue weighted by molar-refractivity contribution is -0.116. The molecule has 152 valence electrons. The first kappa shape index (κ1) is 20.6. The van der Waals surface area contributed by atoms with Gasteiger partial charge in [0.15, 0.2) is 5.65 Å². The molecule has 29 heavy (non-hydrogen) atoms. The number of nitrogens with zero attached hydrogens (tertiary/aromatic N) is 2. The van der Waals surface area contributed by atoms with Gasteiger partial charge in [-0.25, -0.2) is 9.78 Å². The van der Waals surface area contributed by atoms with E-state index in [-0.39, 0.29) is 18.1 Å². The minimum Gasteiger partial charge on any atom is -0.456 e. The number of anilines is 1. The minimum atomic E-state index is -0.629. The van der Waals surface area contributed by atoms with E-state index in [2.05, 4.69) is 10.3 Å². The van der Waals surface area contributed by atoms with E-state index >= 15 is 0 Å². The lowest BCUT2D eigenvalue weighted by Crippen LogP contribution is -2.15. The Morgan fingerprint density at radius 2 is 2.07 bits per heavy atom. The fourth-order valence-corrected chi connectivity index (χ4v) is 2.83. The van der Waals surface area contributed by atoms with Gasteiger partial charge in [-0.1, -0.05) is 24.9 Å². The number of hydrogen-bond donors (Lipinski definition) is 1. The smallest absolute Gasteiger partial charge is 0.338 e. The van der Waals surface area contributed by atoms with Crippen LogP contribution in [0.1, 0.15) is 48.0 Å². The Labute approximate surface area is 171 Å². The van der Waals surface area contributed by atoms with E-state index in [0.29, 0.717) is 34.2 Å². The van der Waals surface area contributed by atoms with Crippen molar-refractivity contribution in [3.05, 3.63) is 62.7 Å². The largest absolute Gasteiger partial charge is 0.456 e. The Hall–Kier alpha value is -3.13. The molecule has 0 atom stereocenters. The van der Waals surface area contributed by atoms with Gasteiger partial charge in [-0.2, -0.15) is 0 Å². The summed E-state index contributed by atoms with van der Waals surface area (Å²) in [4.78, 5) is 40.6. The summed E-state index contributed by atoms with van der Waals surface area (Å²) in [5.41, 5.74) is 0.791. The number of amides is 1.